The van der Waals surface area contributed by atoms with Gasteiger partial charge in [-0.1, -0.05) is 38.1 Å². The molecule has 1 N–H and O–H groups in total. The van der Waals surface area contributed by atoms with Crippen molar-refractivity contribution in [3.05, 3.63) is 65.5 Å². The largest absolute Gasteiger partial charge is 0.416 e. The van der Waals surface area contributed by atoms with Gasteiger partial charge >= 0.3 is 6.18 Å². The van der Waals surface area contributed by atoms with Crippen LogP contribution < -0.4 is 5.32 Å². The molecule has 0 bridgehead atoms. The van der Waals surface area contributed by atoms with Gasteiger partial charge in [0.2, 0.25) is 5.91 Å². The summed E-state index contributed by atoms with van der Waals surface area (Å²) in [6, 6.07) is 8.50. The molecule has 0 aliphatic carbocycles. The van der Waals surface area contributed by atoms with Crippen LogP contribution >= 0.6 is 0 Å². The van der Waals surface area contributed by atoms with Gasteiger partial charge in [-0.15, -0.1) is 0 Å². The second-order valence-corrected chi connectivity index (χ2v) is 6.37. The van der Waals surface area contributed by atoms with Crippen LogP contribution in [-0.2, 0) is 17.4 Å². The van der Waals surface area contributed by atoms with Gasteiger partial charge in [-0.05, 0) is 35.6 Å². The maximum Gasteiger partial charge on any atom is 0.416 e. The fraction of sp³-hybridized carbons (Fsp3) is 0.368. The van der Waals surface area contributed by atoms with Crippen LogP contribution in [0.15, 0.2) is 48.8 Å². The number of pyridine rings is 1. The van der Waals surface area contributed by atoms with Crippen molar-refractivity contribution in [3.63, 3.8) is 0 Å². The lowest BCUT2D eigenvalue weighted by Gasteiger charge is -2.21. The molecule has 1 amide bonds. The predicted molar refractivity (Wildman–Crippen MR) is 89.7 cm³/mol. The Morgan fingerprint density at radius 3 is 2.48 bits per heavy atom. The highest BCUT2D eigenvalue weighted by molar-refractivity contribution is 5.79. The van der Waals surface area contributed by atoms with E-state index >= 15 is 0 Å². The second kappa shape index (κ2) is 8.14. The smallest absolute Gasteiger partial charge is 0.349 e. The molecule has 1 heterocycles. The maximum absolute atomic E-state index is 13.1. The standard InChI is InChI=1S/C19H21F3N2O/c1-13(2)10-17(15-7-5-9-23-12-15)24-18(25)11-14-6-3-4-8-16(14)19(20,21)22/h3-9,12-13,17H,10-11H2,1-2H3,(H,24,25)/t17-/m0/s1. The molecule has 0 saturated carbocycles. The highest BCUT2D eigenvalue weighted by Gasteiger charge is 2.33. The van der Waals surface area contributed by atoms with Gasteiger partial charge in [-0.3, -0.25) is 9.78 Å². The Kier molecular flexibility index (Phi) is 6.17. The van der Waals surface area contributed by atoms with E-state index in [4.69, 9.17) is 0 Å². The molecule has 3 nitrogen and oxygen atoms in total. The summed E-state index contributed by atoms with van der Waals surface area (Å²) in [5.74, 6) is -0.126. The second-order valence-electron chi connectivity index (χ2n) is 6.37. The van der Waals surface area contributed by atoms with Crippen molar-refractivity contribution >= 4 is 5.91 Å². The molecule has 134 valence electrons. The van der Waals surface area contributed by atoms with E-state index in [1.54, 1.807) is 18.5 Å². The molecule has 0 saturated heterocycles. The van der Waals surface area contributed by atoms with Gasteiger partial charge in [-0.25, -0.2) is 0 Å². The van der Waals surface area contributed by atoms with Gasteiger partial charge in [0, 0.05) is 12.4 Å². The zero-order chi connectivity index (χ0) is 18.4. The number of carbonyl (C=O) groups excluding carboxylic acids is 1. The highest BCUT2D eigenvalue weighted by Crippen LogP contribution is 2.32. The SMILES string of the molecule is CC(C)C[C@H](NC(=O)Cc1ccccc1C(F)(F)F)c1cccnc1. The van der Waals surface area contributed by atoms with Gasteiger partial charge in [-0.2, -0.15) is 13.2 Å². The fourth-order valence-corrected chi connectivity index (χ4v) is 2.70. The van der Waals surface area contributed by atoms with E-state index in [9.17, 15) is 18.0 Å². The Bertz CT molecular complexity index is 699. The molecular formula is C19H21F3N2O. The third kappa shape index (κ3) is 5.59. The fourth-order valence-electron chi connectivity index (χ4n) is 2.70. The number of benzene rings is 1. The Labute approximate surface area is 145 Å². The average Bonchev–Trinajstić information content (AvgIpc) is 2.54. The molecule has 1 aromatic heterocycles. The van der Waals surface area contributed by atoms with Gasteiger partial charge in [0.05, 0.1) is 18.0 Å². The zero-order valence-corrected chi connectivity index (χ0v) is 14.2. The maximum atomic E-state index is 13.1. The number of nitrogens with one attached hydrogen (secondary N) is 1. The molecule has 2 rings (SSSR count). The van der Waals surface area contributed by atoms with Crippen molar-refractivity contribution in [2.24, 2.45) is 5.92 Å². The number of aromatic nitrogens is 1. The molecular weight excluding hydrogens is 329 g/mol. The third-order valence-corrected chi connectivity index (χ3v) is 3.80. The van der Waals surface area contributed by atoms with Crippen LogP contribution in [0.2, 0.25) is 0 Å². The lowest BCUT2D eigenvalue weighted by Crippen LogP contribution is -2.31. The monoisotopic (exact) mass is 350 g/mol. The van der Waals surface area contributed by atoms with E-state index in [1.165, 1.54) is 18.2 Å². The molecule has 25 heavy (non-hydrogen) atoms. The van der Waals surface area contributed by atoms with E-state index in [1.807, 2.05) is 19.9 Å². The number of carbonyl (C=O) groups is 1. The highest BCUT2D eigenvalue weighted by atomic mass is 19.4. The number of hydrogen-bond donors (Lipinski definition) is 1. The van der Waals surface area contributed by atoms with E-state index < -0.39 is 17.6 Å². The van der Waals surface area contributed by atoms with Crippen LogP contribution in [-0.4, -0.2) is 10.9 Å². The van der Waals surface area contributed by atoms with Crippen molar-refractivity contribution in [1.29, 1.82) is 0 Å². The van der Waals surface area contributed by atoms with Crippen molar-refractivity contribution in [2.45, 2.75) is 38.9 Å². The molecule has 1 aromatic carbocycles. The lowest BCUT2D eigenvalue weighted by atomic mass is 9.97. The zero-order valence-electron chi connectivity index (χ0n) is 14.2. The molecule has 6 heteroatoms. The summed E-state index contributed by atoms with van der Waals surface area (Å²) < 4.78 is 39.2. The van der Waals surface area contributed by atoms with Gasteiger partial charge in [0.25, 0.3) is 0 Å². The first-order chi connectivity index (χ1) is 11.8. The summed E-state index contributed by atoms with van der Waals surface area (Å²) in [4.78, 5) is 16.4. The molecule has 0 aliphatic heterocycles. The molecule has 0 radical (unpaired) electrons. The summed E-state index contributed by atoms with van der Waals surface area (Å²) in [6.45, 7) is 4.04. The van der Waals surface area contributed by atoms with Crippen LogP contribution in [0, 0.1) is 5.92 Å². The van der Waals surface area contributed by atoms with Crippen molar-refractivity contribution in [2.75, 3.05) is 0 Å². The normalized spacial score (nSPS) is 12.9. The third-order valence-electron chi connectivity index (χ3n) is 3.80. The number of halogens is 3. The molecule has 0 fully saturated rings. The predicted octanol–water partition coefficient (Wildman–Crippen LogP) is 4.55. The molecule has 2 aromatic rings. The van der Waals surface area contributed by atoms with Crippen LogP contribution in [0.3, 0.4) is 0 Å². The summed E-state index contributed by atoms with van der Waals surface area (Å²) in [5.41, 5.74) is 0.0441. The van der Waals surface area contributed by atoms with Gasteiger partial charge in [0.15, 0.2) is 0 Å². The summed E-state index contributed by atoms with van der Waals surface area (Å²) in [5, 5.41) is 2.85. The average molecular weight is 350 g/mol. The number of hydrogen-bond acceptors (Lipinski definition) is 2. The first-order valence-corrected chi connectivity index (χ1v) is 8.11. The summed E-state index contributed by atoms with van der Waals surface area (Å²) >= 11 is 0. The number of amides is 1. The van der Waals surface area contributed by atoms with E-state index in [2.05, 4.69) is 10.3 Å². The quantitative estimate of drug-likeness (QED) is 0.831. The molecule has 0 unspecified atom stereocenters. The number of alkyl halides is 3. The van der Waals surface area contributed by atoms with Crippen LogP contribution in [0.4, 0.5) is 13.2 Å². The van der Waals surface area contributed by atoms with Crippen LogP contribution in [0.1, 0.15) is 43.0 Å². The summed E-state index contributed by atoms with van der Waals surface area (Å²) in [6.07, 6.45) is -0.811. The van der Waals surface area contributed by atoms with Crippen molar-refractivity contribution < 1.29 is 18.0 Å². The van der Waals surface area contributed by atoms with E-state index in [0.29, 0.717) is 12.3 Å². The van der Waals surface area contributed by atoms with Gasteiger partial charge < -0.3 is 5.32 Å². The van der Waals surface area contributed by atoms with E-state index in [0.717, 1.165) is 11.6 Å². The van der Waals surface area contributed by atoms with E-state index in [-0.39, 0.29) is 18.0 Å². The minimum atomic E-state index is -4.47. The minimum Gasteiger partial charge on any atom is -0.349 e. The Hall–Kier alpha value is -2.37. The molecule has 1 atom stereocenters. The topological polar surface area (TPSA) is 42.0 Å². The Balaban J connectivity index is 2.15. The van der Waals surface area contributed by atoms with Crippen LogP contribution in [0.25, 0.3) is 0 Å². The van der Waals surface area contributed by atoms with Gasteiger partial charge in [0.1, 0.15) is 0 Å². The number of nitrogens with zero attached hydrogens (tertiary/aromatic N) is 1. The Morgan fingerprint density at radius 2 is 1.88 bits per heavy atom. The van der Waals surface area contributed by atoms with Crippen LogP contribution in [0.5, 0.6) is 0 Å². The number of rotatable bonds is 6. The van der Waals surface area contributed by atoms with Crippen molar-refractivity contribution in [3.8, 4) is 0 Å². The molecule has 0 spiro atoms. The lowest BCUT2D eigenvalue weighted by molar-refractivity contribution is -0.138. The Morgan fingerprint density at radius 1 is 1.16 bits per heavy atom. The molecule has 0 aliphatic rings. The first-order valence-electron chi connectivity index (χ1n) is 8.11. The van der Waals surface area contributed by atoms with Crippen molar-refractivity contribution in [1.82, 2.24) is 10.3 Å². The minimum absolute atomic E-state index is 0.0259. The first kappa shape index (κ1) is 19.0. The summed E-state index contributed by atoms with van der Waals surface area (Å²) in [7, 11) is 0.